The van der Waals surface area contributed by atoms with Crippen molar-refractivity contribution in [3.05, 3.63) is 59.2 Å². The molecule has 0 spiro atoms. The summed E-state index contributed by atoms with van der Waals surface area (Å²) in [6, 6.07) is 11.7. The molecule has 0 saturated carbocycles. The van der Waals surface area contributed by atoms with E-state index in [-0.39, 0.29) is 5.41 Å². The lowest BCUT2D eigenvalue weighted by molar-refractivity contribution is -0.137. The molecule has 0 unspecified atom stereocenters. The van der Waals surface area contributed by atoms with E-state index >= 15 is 0 Å². The molecule has 0 saturated heterocycles. The van der Waals surface area contributed by atoms with Gasteiger partial charge in [0.05, 0.1) is 5.56 Å². The van der Waals surface area contributed by atoms with Gasteiger partial charge in [0.1, 0.15) is 0 Å². The average molecular weight is 262 g/mol. The van der Waals surface area contributed by atoms with Crippen LogP contribution in [-0.2, 0) is 11.6 Å². The lowest BCUT2D eigenvalue weighted by Crippen LogP contribution is -2.15. The van der Waals surface area contributed by atoms with Gasteiger partial charge in [0.25, 0.3) is 0 Å². The van der Waals surface area contributed by atoms with Gasteiger partial charge in [-0.3, -0.25) is 0 Å². The smallest absolute Gasteiger partial charge is 0.166 e. The molecule has 0 N–H and O–H groups in total. The predicted molar refractivity (Wildman–Crippen MR) is 69.0 cm³/mol. The number of hydrogen-bond acceptors (Lipinski definition) is 0. The SMILES string of the molecule is CC1(C)c2ccccc2-c2cc(C(F)(F)F)ccc21. The van der Waals surface area contributed by atoms with Crippen LogP contribution in [-0.4, -0.2) is 0 Å². The van der Waals surface area contributed by atoms with Gasteiger partial charge in [0.2, 0.25) is 0 Å². The molecule has 2 aromatic rings. The Morgan fingerprint density at radius 2 is 1.47 bits per heavy atom. The van der Waals surface area contributed by atoms with E-state index in [4.69, 9.17) is 0 Å². The summed E-state index contributed by atoms with van der Waals surface area (Å²) in [6.07, 6.45) is -4.29. The summed E-state index contributed by atoms with van der Waals surface area (Å²) >= 11 is 0. The minimum atomic E-state index is -4.29. The summed E-state index contributed by atoms with van der Waals surface area (Å²) in [5, 5.41) is 0. The molecule has 3 heteroatoms. The molecule has 0 amide bonds. The van der Waals surface area contributed by atoms with Gasteiger partial charge in [-0.1, -0.05) is 44.2 Å². The van der Waals surface area contributed by atoms with Crippen LogP contribution in [0.4, 0.5) is 13.2 Å². The van der Waals surface area contributed by atoms with Crippen molar-refractivity contribution in [2.45, 2.75) is 25.4 Å². The van der Waals surface area contributed by atoms with E-state index < -0.39 is 11.7 Å². The van der Waals surface area contributed by atoms with E-state index in [2.05, 4.69) is 0 Å². The number of halogens is 3. The average Bonchev–Trinajstić information content (AvgIpc) is 2.58. The van der Waals surface area contributed by atoms with Crippen LogP contribution < -0.4 is 0 Å². The second-order valence-corrected chi connectivity index (χ2v) is 5.43. The summed E-state index contributed by atoms with van der Waals surface area (Å²) in [4.78, 5) is 0. The number of benzene rings is 2. The zero-order chi connectivity index (χ0) is 13.8. The van der Waals surface area contributed by atoms with Crippen molar-refractivity contribution >= 4 is 0 Å². The Bertz CT molecular complexity index is 651. The summed E-state index contributed by atoms with van der Waals surface area (Å²) in [5.74, 6) is 0. The first-order valence-electron chi connectivity index (χ1n) is 6.13. The second kappa shape index (κ2) is 3.62. The van der Waals surface area contributed by atoms with Gasteiger partial charge in [-0.15, -0.1) is 0 Å². The Labute approximate surface area is 109 Å². The quantitative estimate of drug-likeness (QED) is 0.626. The Kier molecular flexibility index (Phi) is 2.34. The van der Waals surface area contributed by atoms with Crippen molar-refractivity contribution in [2.24, 2.45) is 0 Å². The Morgan fingerprint density at radius 3 is 2.16 bits per heavy atom. The first-order chi connectivity index (χ1) is 8.82. The van der Waals surface area contributed by atoms with Crippen LogP contribution in [0.3, 0.4) is 0 Å². The largest absolute Gasteiger partial charge is 0.416 e. The molecule has 0 aliphatic heterocycles. The fourth-order valence-electron chi connectivity index (χ4n) is 2.90. The molecule has 0 radical (unpaired) electrons. The van der Waals surface area contributed by atoms with E-state index in [0.717, 1.165) is 16.7 Å². The maximum Gasteiger partial charge on any atom is 0.416 e. The highest BCUT2D eigenvalue weighted by Crippen LogP contribution is 2.49. The van der Waals surface area contributed by atoms with Crippen LogP contribution in [0.1, 0.15) is 30.5 Å². The lowest BCUT2D eigenvalue weighted by atomic mass is 9.82. The molecule has 0 nitrogen and oxygen atoms in total. The molecule has 0 aromatic heterocycles. The topological polar surface area (TPSA) is 0 Å². The molecule has 0 heterocycles. The van der Waals surface area contributed by atoms with Gasteiger partial charge < -0.3 is 0 Å². The minimum absolute atomic E-state index is 0.240. The van der Waals surface area contributed by atoms with Crippen molar-refractivity contribution in [1.82, 2.24) is 0 Å². The van der Waals surface area contributed by atoms with E-state index in [1.807, 2.05) is 38.1 Å². The van der Waals surface area contributed by atoms with Crippen molar-refractivity contribution in [3.63, 3.8) is 0 Å². The number of hydrogen-bond donors (Lipinski definition) is 0. The lowest BCUT2D eigenvalue weighted by Gasteiger charge is -2.21. The predicted octanol–water partition coefficient (Wildman–Crippen LogP) is 5.01. The van der Waals surface area contributed by atoms with Gasteiger partial charge in [-0.25, -0.2) is 0 Å². The van der Waals surface area contributed by atoms with Crippen molar-refractivity contribution in [2.75, 3.05) is 0 Å². The molecule has 0 fully saturated rings. The standard InChI is InChI=1S/C16H13F3/c1-15(2)13-6-4-3-5-11(13)12-9-10(16(17,18)19)7-8-14(12)15/h3-9H,1-2H3. The number of rotatable bonds is 0. The first kappa shape index (κ1) is 12.3. The van der Waals surface area contributed by atoms with E-state index in [0.29, 0.717) is 5.56 Å². The molecule has 3 rings (SSSR count). The third-order valence-electron chi connectivity index (χ3n) is 3.91. The van der Waals surface area contributed by atoms with Crippen molar-refractivity contribution < 1.29 is 13.2 Å². The van der Waals surface area contributed by atoms with Crippen LogP contribution in [0.15, 0.2) is 42.5 Å². The molecule has 1 aliphatic rings. The number of fused-ring (bicyclic) bond motifs is 3. The van der Waals surface area contributed by atoms with Crippen LogP contribution in [0.2, 0.25) is 0 Å². The molecule has 0 bridgehead atoms. The molecule has 1 aliphatic carbocycles. The zero-order valence-electron chi connectivity index (χ0n) is 10.7. The van der Waals surface area contributed by atoms with Crippen LogP contribution >= 0.6 is 0 Å². The third-order valence-corrected chi connectivity index (χ3v) is 3.91. The Balaban J connectivity index is 2.29. The fraction of sp³-hybridized carbons (Fsp3) is 0.250. The molecule has 98 valence electrons. The van der Waals surface area contributed by atoms with Gasteiger partial charge in [-0.2, -0.15) is 13.2 Å². The zero-order valence-corrected chi connectivity index (χ0v) is 10.7. The fourth-order valence-corrected chi connectivity index (χ4v) is 2.90. The molecule has 2 aromatic carbocycles. The van der Waals surface area contributed by atoms with Crippen molar-refractivity contribution in [3.8, 4) is 11.1 Å². The van der Waals surface area contributed by atoms with Gasteiger partial charge in [0.15, 0.2) is 0 Å². The minimum Gasteiger partial charge on any atom is -0.166 e. The van der Waals surface area contributed by atoms with Crippen molar-refractivity contribution in [1.29, 1.82) is 0 Å². The highest BCUT2D eigenvalue weighted by molar-refractivity contribution is 5.81. The number of alkyl halides is 3. The Hall–Kier alpha value is -1.77. The normalized spacial score (nSPS) is 16.1. The molecular formula is C16H13F3. The first-order valence-corrected chi connectivity index (χ1v) is 6.13. The van der Waals surface area contributed by atoms with Gasteiger partial charge in [-0.05, 0) is 34.4 Å². The molecule has 0 atom stereocenters. The highest BCUT2D eigenvalue weighted by atomic mass is 19.4. The summed E-state index contributed by atoms with van der Waals surface area (Å²) in [6.45, 7) is 4.09. The van der Waals surface area contributed by atoms with Gasteiger partial charge in [0, 0.05) is 5.41 Å². The third kappa shape index (κ3) is 1.68. The second-order valence-electron chi connectivity index (χ2n) is 5.43. The van der Waals surface area contributed by atoms with Crippen LogP contribution in [0, 0.1) is 0 Å². The van der Waals surface area contributed by atoms with E-state index in [9.17, 15) is 13.2 Å². The summed E-state index contributed by atoms with van der Waals surface area (Å²) in [5.41, 5.74) is 2.84. The van der Waals surface area contributed by atoms with Gasteiger partial charge >= 0.3 is 6.18 Å². The van der Waals surface area contributed by atoms with E-state index in [1.54, 1.807) is 6.07 Å². The monoisotopic (exact) mass is 262 g/mol. The molecular weight excluding hydrogens is 249 g/mol. The van der Waals surface area contributed by atoms with Crippen LogP contribution in [0.25, 0.3) is 11.1 Å². The Morgan fingerprint density at radius 1 is 0.842 bits per heavy atom. The van der Waals surface area contributed by atoms with E-state index in [1.165, 1.54) is 12.1 Å². The highest BCUT2D eigenvalue weighted by Gasteiger charge is 2.38. The summed E-state index contributed by atoms with van der Waals surface area (Å²) in [7, 11) is 0. The summed E-state index contributed by atoms with van der Waals surface area (Å²) < 4.78 is 38.5. The maximum absolute atomic E-state index is 12.8. The van der Waals surface area contributed by atoms with Crippen LogP contribution in [0.5, 0.6) is 0 Å². The maximum atomic E-state index is 12.8. The molecule has 19 heavy (non-hydrogen) atoms.